The van der Waals surface area contributed by atoms with Gasteiger partial charge in [0.05, 0.1) is 6.42 Å². The molecule has 3 aromatic carbocycles. The van der Waals surface area contributed by atoms with Crippen LogP contribution in [0.15, 0.2) is 91.1 Å². The zero-order chi connectivity index (χ0) is 37.5. The molecular formula is C37H42N6O8S. The third-order valence-corrected chi connectivity index (χ3v) is 8.76. The van der Waals surface area contributed by atoms with Crippen molar-refractivity contribution in [3.8, 4) is 0 Å². The molecule has 5 amide bonds. The summed E-state index contributed by atoms with van der Waals surface area (Å²) in [6, 6.07) is 20.0. The van der Waals surface area contributed by atoms with Gasteiger partial charge in [-0.3, -0.25) is 24.0 Å². The fourth-order valence-corrected chi connectivity index (χ4v) is 5.89. The number of ether oxygens (including phenoxy) is 1. The van der Waals surface area contributed by atoms with Gasteiger partial charge in [0, 0.05) is 29.9 Å². The van der Waals surface area contributed by atoms with E-state index in [1.54, 1.807) is 67.0 Å². The maximum absolute atomic E-state index is 13.9. The molecule has 0 bridgehead atoms. The van der Waals surface area contributed by atoms with Gasteiger partial charge in [0.25, 0.3) is 0 Å². The number of benzene rings is 3. The van der Waals surface area contributed by atoms with E-state index < -0.39 is 66.3 Å². The van der Waals surface area contributed by atoms with Crippen molar-refractivity contribution in [2.75, 3.05) is 12.0 Å². The number of hydrogen-bond donors (Lipinski definition) is 7. The average Bonchev–Trinajstić information content (AvgIpc) is 3.54. The topological polar surface area (TPSA) is 222 Å². The van der Waals surface area contributed by atoms with E-state index in [4.69, 9.17) is 10.5 Å². The first-order valence-electron chi connectivity index (χ1n) is 16.5. The van der Waals surface area contributed by atoms with E-state index in [1.165, 1.54) is 11.8 Å². The SMILES string of the molecule is CSCCC(NC(=O)C(Cc1c[nH]c2ccccc12)NC(=O)OCc1ccccc1)C(=O)NC(CC(=O)O)C(=O)NC(Cc1ccccc1)C(N)=O. The van der Waals surface area contributed by atoms with E-state index >= 15 is 0 Å². The average molecular weight is 731 g/mol. The molecule has 52 heavy (non-hydrogen) atoms. The highest BCUT2D eigenvalue weighted by Crippen LogP contribution is 2.19. The maximum atomic E-state index is 13.9. The molecule has 1 aromatic heterocycles. The predicted octanol–water partition coefficient (Wildman–Crippen LogP) is 2.42. The molecule has 8 N–H and O–H groups in total. The number of carbonyl (C=O) groups excluding carboxylic acids is 5. The Hall–Kier alpha value is -5.83. The minimum Gasteiger partial charge on any atom is -0.481 e. The summed E-state index contributed by atoms with van der Waals surface area (Å²) >= 11 is 1.40. The lowest BCUT2D eigenvalue weighted by Crippen LogP contribution is -2.59. The van der Waals surface area contributed by atoms with Crippen LogP contribution in [0.25, 0.3) is 10.9 Å². The number of alkyl carbamates (subject to hydrolysis) is 1. The van der Waals surface area contributed by atoms with Crippen LogP contribution in [-0.4, -0.2) is 82.0 Å². The second-order valence-electron chi connectivity index (χ2n) is 12.0. The second-order valence-corrected chi connectivity index (χ2v) is 13.0. The van der Waals surface area contributed by atoms with Gasteiger partial charge in [0.2, 0.25) is 23.6 Å². The van der Waals surface area contributed by atoms with Gasteiger partial charge in [-0.15, -0.1) is 0 Å². The van der Waals surface area contributed by atoms with E-state index in [-0.39, 0.29) is 25.9 Å². The first kappa shape index (κ1) is 39.0. The largest absolute Gasteiger partial charge is 0.481 e. The number of carboxylic acid groups (broad SMARTS) is 1. The summed E-state index contributed by atoms with van der Waals surface area (Å²) in [6.07, 6.45) is 2.05. The molecule has 0 aliphatic heterocycles. The third-order valence-electron chi connectivity index (χ3n) is 8.12. The molecule has 0 aliphatic rings. The Morgan fingerprint density at radius 3 is 1.96 bits per heavy atom. The standard InChI is InChI=1S/C37H42N6O8S/c1-52-17-16-28(34(47)42-31(20-32(44)45)36(49)41-29(33(38)46)18-23-10-4-2-5-11-23)40-35(48)30(19-25-21-39-27-15-9-8-14-26(25)27)43-37(50)51-22-24-12-6-3-7-13-24/h2-15,21,28-31,39H,16-20,22H2,1H3,(H2,38,46)(H,40,48)(H,41,49)(H,42,47)(H,43,50)(H,44,45). The highest BCUT2D eigenvalue weighted by molar-refractivity contribution is 7.98. The minimum atomic E-state index is -1.61. The second kappa shape index (κ2) is 19.5. The number of H-pyrrole nitrogens is 1. The van der Waals surface area contributed by atoms with Gasteiger partial charge in [0.1, 0.15) is 30.8 Å². The van der Waals surface area contributed by atoms with Gasteiger partial charge in [-0.25, -0.2) is 4.79 Å². The third kappa shape index (κ3) is 11.9. The number of amides is 5. The van der Waals surface area contributed by atoms with Crippen LogP contribution in [0.2, 0.25) is 0 Å². The number of aromatic amines is 1. The van der Waals surface area contributed by atoms with E-state index in [0.717, 1.165) is 22.0 Å². The quantitative estimate of drug-likeness (QED) is 0.0752. The van der Waals surface area contributed by atoms with Crippen molar-refractivity contribution in [3.63, 3.8) is 0 Å². The molecule has 1 heterocycles. The lowest BCUT2D eigenvalue weighted by Gasteiger charge is -2.25. The number of nitrogens with two attached hydrogens (primary N) is 1. The Balaban J connectivity index is 1.51. The number of carbonyl (C=O) groups is 6. The van der Waals surface area contributed by atoms with Crippen LogP contribution in [0.1, 0.15) is 29.5 Å². The van der Waals surface area contributed by atoms with Crippen LogP contribution >= 0.6 is 11.8 Å². The number of fused-ring (bicyclic) bond motifs is 1. The number of thioether (sulfide) groups is 1. The fraction of sp³-hybridized carbons (Fsp3) is 0.297. The number of rotatable bonds is 19. The monoisotopic (exact) mass is 730 g/mol. The van der Waals surface area contributed by atoms with E-state index in [9.17, 15) is 33.9 Å². The Morgan fingerprint density at radius 2 is 1.31 bits per heavy atom. The number of para-hydroxylation sites is 1. The number of carboxylic acids is 1. The molecule has 4 atom stereocenters. The Labute approximate surface area is 304 Å². The zero-order valence-corrected chi connectivity index (χ0v) is 29.3. The van der Waals surface area contributed by atoms with Crippen LogP contribution in [0.5, 0.6) is 0 Å². The normalized spacial score (nSPS) is 13.2. The highest BCUT2D eigenvalue weighted by Gasteiger charge is 2.32. The van der Waals surface area contributed by atoms with Gasteiger partial charge < -0.3 is 41.8 Å². The van der Waals surface area contributed by atoms with E-state index in [2.05, 4.69) is 26.3 Å². The summed E-state index contributed by atoms with van der Waals surface area (Å²) in [6.45, 7) is -0.0398. The smallest absolute Gasteiger partial charge is 0.408 e. The summed E-state index contributed by atoms with van der Waals surface area (Å²) in [5.74, 6) is -4.31. The Morgan fingerprint density at radius 1 is 0.731 bits per heavy atom. The summed E-state index contributed by atoms with van der Waals surface area (Å²) in [5, 5.41) is 20.6. The zero-order valence-electron chi connectivity index (χ0n) is 28.5. The maximum Gasteiger partial charge on any atom is 0.408 e. The highest BCUT2D eigenvalue weighted by atomic mass is 32.2. The first-order chi connectivity index (χ1) is 25.0. The van der Waals surface area contributed by atoms with Crippen molar-refractivity contribution in [2.24, 2.45) is 5.73 Å². The number of nitrogens with one attached hydrogen (secondary N) is 5. The van der Waals surface area contributed by atoms with E-state index in [0.29, 0.717) is 11.3 Å². The molecule has 0 fully saturated rings. The van der Waals surface area contributed by atoms with Crippen LogP contribution in [0.3, 0.4) is 0 Å². The Kier molecular flexibility index (Phi) is 14.6. The summed E-state index contributed by atoms with van der Waals surface area (Å²) in [5.41, 5.74) is 8.53. The first-order valence-corrected chi connectivity index (χ1v) is 17.9. The van der Waals surface area contributed by atoms with Crippen molar-refractivity contribution < 1.29 is 38.6 Å². The van der Waals surface area contributed by atoms with Crippen LogP contribution in [0.4, 0.5) is 4.79 Å². The molecule has 0 aliphatic carbocycles. The molecule has 4 rings (SSSR count). The van der Waals surface area contributed by atoms with E-state index in [1.807, 2.05) is 30.3 Å². The lowest BCUT2D eigenvalue weighted by atomic mass is 10.0. The summed E-state index contributed by atoms with van der Waals surface area (Å²) in [7, 11) is 0. The van der Waals surface area contributed by atoms with Crippen molar-refractivity contribution in [3.05, 3.63) is 108 Å². The van der Waals surface area contributed by atoms with Crippen LogP contribution in [0, 0.1) is 0 Å². The van der Waals surface area contributed by atoms with Crippen molar-refractivity contribution in [1.82, 2.24) is 26.3 Å². The summed E-state index contributed by atoms with van der Waals surface area (Å²) < 4.78 is 5.38. The molecule has 14 nitrogen and oxygen atoms in total. The van der Waals surface area contributed by atoms with Crippen LogP contribution < -0.4 is 27.0 Å². The molecule has 0 saturated carbocycles. The van der Waals surface area contributed by atoms with Gasteiger partial charge in [0.15, 0.2) is 0 Å². The molecule has 15 heteroatoms. The number of aliphatic carboxylic acids is 1. The number of hydrogen-bond acceptors (Lipinski definition) is 8. The van der Waals surface area contributed by atoms with Gasteiger partial charge in [-0.1, -0.05) is 78.9 Å². The van der Waals surface area contributed by atoms with Gasteiger partial charge in [-0.2, -0.15) is 11.8 Å². The van der Waals surface area contributed by atoms with Crippen molar-refractivity contribution in [2.45, 2.75) is 56.5 Å². The van der Waals surface area contributed by atoms with Gasteiger partial charge >= 0.3 is 12.1 Å². The lowest BCUT2D eigenvalue weighted by molar-refractivity contribution is -0.141. The molecular weight excluding hydrogens is 689 g/mol. The van der Waals surface area contributed by atoms with Crippen molar-refractivity contribution >= 4 is 58.4 Å². The predicted molar refractivity (Wildman–Crippen MR) is 196 cm³/mol. The van der Waals surface area contributed by atoms with Crippen LogP contribution in [-0.2, 0) is 48.2 Å². The molecule has 0 saturated heterocycles. The molecule has 4 aromatic rings. The van der Waals surface area contributed by atoms with Crippen molar-refractivity contribution in [1.29, 1.82) is 0 Å². The fourth-order valence-electron chi connectivity index (χ4n) is 5.41. The Bertz CT molecular complexity index is 1840. The molecule has 0 radical (unpaired) electrons. The minimum absolute atomic E-state index is 0.0348. The molecule has 274 valence electrons. The number of aromatic nitrogens is 1. The molecule has 0 spiro atoms. The molecule has 4 unspecified atom stereocenters. The summed E-state index contributed by atoms with van der Waals surface area (Å²) in [4.78, 5) is 80.9. The van der Waals surface area contributed by atoms with Gasteiger partial charge in [-0.05, 0) is 41.2 Å². The number of primary amides is 1.